The lowest BCUT2D eigenvalue weighted by Crippen LogP contribution is -2.35. The molecule has 4 aromatic rings. The summed E-state index contributed by atoms with van der Waals surface area (Å²) in [5.74, 6) is 1.36. The van der Waals surface area contributed by atoms with E-state index in [-0.39, 0.29) is 17.8 Å². The minimum absolute atomic E-state index is 0.00873. The number of imidazole rings is 1. The Balaban J connectivity index is 1.42. The molecule has 5 heterocycles. The van der Waals surface area contributed by atoms with E-state index in [4.69, 9.17) is 9.72 Å². The van der Waals surface area contributed by atoms with Crippen molar-refractivity contribution >= 4 is 33.5 Å². The third kappa shape index (κ3) is 4.17. The first-order chi connectivity index (χ1) is 16.3. The van der Waals surface area contributed by atoms with Crippen molar-refractivity contribution in [3.05, 3.63) is 47.3 Å². The number of anilines is 2. The zero-order chi connectivity index (χ0) is 24.0. The molecule has 1 fully saturated rings. The molecular formula is C24H28FN7OS. The minimum atomic E-state index is -0.466. The first-order valence-corrected chi connectivity index (χ1v) is 12.2. The smallest absolute Gasteiger partial charge is 0.229 e. The van der Waals surface area contributed by atoms with Crippen LogP contribution >= 0.6 is 11.3 Å². The van der Waals surface area contributed by atoms with Crippen molar-refractivity contribution in [3.8, 4) is 10.6 Å². The zero-order valence-electron chi connectivity index (χ0n) is 20.0. The molecule has 178 valence electrons. The average molecular weight is 482 g/mol. The standard InChI is InChI=1S/C24H28FN7OS/c1-13(2)32-15(4)28-20-14(3)22(34-23(20)32)21-17(25)11-27-24(30-21)29-19-7-6-16(10-26-19)18-12-31(5)8-9-33-18/h6-7,10-11,13,18H,8-9,12H2,1-5H3,(H,26,27,29,30). The lowest BCUT2D eigenvalue weighted by atomic mass is 10.1. The molecule has 0 saturated carbocycles. The number of nitrogens with zero attached hydrogens (tertiary/aromatic N) is 6. The van der Waals surface area contributed by atoms with Crippen molar-refractivity contribution in [2.24, 2.45) is 0 Å². The normalized spacial score (nSPS) is 17.1. The lowest BCUT2D eigenvalue weighted by Gasteiger charge is -2.30. The number of nitrogens with one attached hydrogen (secondary N) is 1. The molecule has 1 unspecified atom stereocenters. The molecule has 1 saturated heterocycles. The van der Waals surface area contributed by atoms with Gasteiger partial charge in [-0.05, 0) is 46.4 Å². The van der Waals surface area contributed by atoms with Gasteiger partial charge in [0, 0.05) is 30.9 Å². The molecule has 0 bridgehead atoms. The Labute approximate surface area is 201 Å². The van der Waals surface area contributed by atoms with Gasteiger partial charge in [0.2, 0.25) is 5.95 Å². The quantitative estimate of drug-likeness (QED) is 0.428. The maximum Gasteiger partial charge on any atom is 0.229 e. The monoisotopic (exact) mass is 481 g/mol. The summed E-state index contributed by atoms with van der Waals surface area (Å²) in [7, 11) is 2.08. The van der Waals surface area contributed by atoms with Crippen molar-refractivity contribution in [1.29, 1.82) is 0 Å². The van der Waals surface area contributed by atoms with Crippen LogP contribution in [0.1, 0.15) is 42.9 Å². The first kappa shape index (κ1) is 22.8. The summed E-state index contributed by atoms with van der Waals surface area (Å²) >= 11 is 1.51. The van der Waals surface area contributed by atoms with Crippen LogP contribution in [-0.2, 0) is 4.74 Å². The van der Waals surface area contributed by atoms with Gasteiger partial charge in [0.25, 0.3) is 0 Å². The highest BCUT2D eigenvalue weighted by Gasteiger charge is 2.23. The van der Waals surface area contributed by atoms with E-state index >= 15 is 0 Å². The Kier molecular flexibility index (Phi) is 6.05. The van der Waals surface area contributed by atoms with E-state index in [0.717, 1.165) is 45.3 Å². The Morgan fingerprint density at radius 1 is 1.18 bits per heavy atom. The summed E-state index contributed by atoms with van der Waals surface area (Å²) in [6, 6.07) is 4.11. The fourth-order valence-electron chi connectivity index (χ4n) is 4.33. The number of fused-ring (bicyclic) bond motifs is 1. The van der Waals surface area contributed by atoms with E-state index in [0.29, 0.717) is 18.4 Å². The van der Waals surface area contributed by atoms with Crippen LogP contribution in [0.3, 0.4) is 0 Å². The van der Waals surface area contributed by atoms with Crippen LogP contribution in [0.15, 0.2) is 24.5 Å². The highest BCUT2D eigenvalue weighted by atomic mass is 32.1. The molecule has 10 heteroatoms. The molecule has 1 atom stereocenters. The van der Waals surface area contributed by atoms with E-state index in [2.05, 4.69) is 50.6 Å². The molecule has 1 aliphatic rings. The maximum absolute atomic E-state index is 14.8. The number of rotatable bonds is 5. The number of morpholine rings is 1. The van der Waals surface area contributed by atoms with Crippen LogP contribution in [0.4, 0.5) is 16.2 Å². The zero-order valence-corrected chi connectivity index (χ0v) is 20.8. The van der Waals surface area contributed by atoms with Crippen molar-refractivity contribution in [2.45, 2.75) is 39.8 Å². The maximum atomic E-state index is 14.8. The molecular weight excluding hydrogens is 453 g/mol. The van der Waals surface area contributed by atoms with Gasteiger partial charge >= 0.3 is 0 Å². The number of thiophene rings is 1. The van der Waals surface area contributed by atoms with Crippen LogP contribution in [0.2, 0.25) is 0 Å². The van der Waals surface area contributed by atoms with E-state index in [1.165, 1.54) is 17.5 Å². The molecule has 0 radical (unpaired) electrons. The molecule has 5 rings (SSSR count). The lowest BCUT2D eigenvalue weighted by molar-refractivity contribution is -0.0210. The summed E-state index contributed by atoms with van der Waals surface area (Å²) in [6.45, 7) is 10.7. The molecule has 0 aliphatic carbocycles. The Morgan fingerprint density at radius 3 is 2.71 bits per heavy atom. The van der Waals surface area contributed by atoms with Gasteiger partial charge in [-0.2, -0.15) is 0 Å². The van der Waals surface area contributed by atoms with Crippen LogP contribution in [0.25, 0.3) is 20.9 Å². The van der Waals surface area contributed by atoms with Crippen molar-refractivity contribution in [1.82, 2.24) is 29.4 Å². The number of pyridine rings is 1. The van der Waals surface area contributed by atoms with Crippen LogP contribution < -0.4 is 5.32 Å². The number of halogens is 1. The van der Waals surface area contributed by atoms with Crippen molar-refractivity contribution in [3.63, 3.8) is 0 Å². The third-order valence-electron chi connectivity index (χ3n) is 6.08. The second kappa shape index (κ2) is 9.01. The van der Waals surface area contributed by atoms with Crippen LogP contribution in [0, 0.1) is 19.7 Å². The van der Waals surface area contributed by atoms with Gasteiger partial charge in [-0.3, -0.25) is 0 Å². The number of hydrogen-bond acceptors (Lipinski definition) is 8. The first-order valence-electron chi connectivity index (χ1n) is 11.4. The predicted molar refractivity (Wildman–Crippen MR) is 132 cm³/mol. The number of aryl methyl sites for hydroxylation is 2. The Hall–Kier alpha value is -2.95. The Morgan fingerprint density at radius 2 is 2.00 bits per heavy atom. The van der Waals surface area contributed by atoms with Crippen molar-refractivity contribution in [2.75, 3.05) is 32.1 Å². The highest BCUT2D eigenvalue weighted by molar-refractivity contribution is 7.22. The molecule has 0 amide bonds. The number of aromatic nitrogens is 5. The molecule has 34 heavy (non-hydrogen) atoms. The van der Waals surface area contributed by atoms with E-state index < -0.39 is 5.82 Å². The van der Waals surface area contributed by atoms with E-state index in [1.54, 1.807) is 6.20 Å². The topological polar surface area (TPSA) is 81.0 Å². The van der Waals surface area contributed by atoms with Crippen LogP contribution in [-0.4, -0.2) is 56.1 Å². The van der Waals surface area contributed by atoms with Gasteiger partial charge < -0.3 is 19.5 Å². The summed E-state index contributed by atoms with van der Waals surface area (Å²) < 4.78 is 22.9. The second-order valence-electron chi connectivity index (χ2n) is 8.95. The molecule has 8 nitrogen and oxygen atoms in total. The summed E-state index contributed by atoms with van der Waals surface area (Å²) in [5.41, 5.74) is 3.10. The van der Waals surface area contributed by atoms with Gasteiger partial charge in [-0.15, -0.1) is 11.3 Å². The van der Waals surface area contributed by atoms with Crippen molar-refractivity contribution < 1.29 is 9.13 Å². The van der Waals surface area contributed by atoms with Gasteiger partial charge in [0.1, 0.15) is 27.7 Å². The van der Waals surface area contributed by atoms with Gasteiger partial charge in [-0.25, -0.2) is 24.3 Å². The molecule has 1 aliphatic heterocycles. The number of likely N-dealkylation sites (N-methyl/N-ethyl adjacent to an activating group) is 1. The summed E-state index contributed by atoms with van der Waals surface area (Å²) in [4.78, 5) is 21.9. The largest absolute Gasteiger partial charge is 0.371 e. The molecule has 1 N–H and O–H groups in total. The predicted octanol–water partition coefficient (Wildman–Crippen LogP) is 5.03. The fourth-order valence-corrected chi connectivity index (χ4v) is 5.75. The number of hydrogen-bond donors (Lipinski definition) is 1. The van der Waals surface area contributed by atoms with Crippen LogP contribution in [0.5, 0.6) is 0 Å². The highest BCUT2D eigenvalue weighted by Crippen LogP contribution is 2.39. The van der Waals surface area contributed by atoms with Gasteiger partial charge in [0.05, 0.1) is 23.8 Å². The second-order valence-corrected chi connectivity index (χ2v) is 9.95. The molecule has 0 aromatic carbocycles. The molecule has 0 spiro atoms. The van der Waals surface area contributed by atoms with Gasteiger partial charge in [0.15, 0.2) is 5.82 Å². The minimum Gasteiger partial charge on any atom is -0.371 e. The third-order valence-corrected chi connectivity index (χ3v) is 7.37. The summed E-state index contributed by atoms with van der Waals surface area (Å²) in [6.07, 6.45) is 3.00. The fraction of sp³-hybridized carbons (Fsp3) is 0.417. The molecule has 4 aromatic heterocycles. The van der Waals surface area contributed by atoms with E-state index in [9.17, 15) is 4.39 Å². The average Bonchev–Trinajstić information content (AvgIpc) is 3.30. The van der Waals surface area contributed by atoms with Gasteiger partial charge in [-0.1, -0.05) is 6.07 Å². The SMILES string of the molecule is Cc1c(-c2nc(Nc3ccc(C4CN(C)CCO4)cn3)ncc2F)sc2c1nc(C)n2C(C)C. The summed E-state index contributed by atoms with van der Waals surface area (Å²) in [5, 5.41) is 3.10. The number of ether oxygens (including phenoxy) is 1. The Bertz CT molecular complexity index is 1330. The van der Waals surface area contributed by atoms with E-state index in [1.807, 2.05) is 26.0 Å².